The lowest BCUT2D eigenvalue weighted by Crippen LogP contribution is -2.29. The van der Waals surface area contributed by atoms with Crippen molar-refractivity contribution in [1.82, 2.24) is 0 Å². The second-order valence-corrected chi connectivity index (χ2v) is 6.55. The third kappa shape index (κ3) is 6.84. The average Bonchev–Trinajstić information content (AvgIpc) is 2.72. The number of hydrogen-bond donors (Lipinski definition) is 1. The van der Waals surface area contributed by atoms with Crippen molar-refractivity contribution in [2.45, 2.75) is 26.4 Å². The number of amides is 1. The van der Waals surface area contributed by atoms with Crippen LogP contribution in [0.1, 0.15) is 25.8 Å². The molecule has 0 radical (unpaired) electrons. The molecule has 2 rings (SSSR count). The number of hydrogen-bond acceptors (Lipinski definition) is 5. The molecule has 0 fully saturated rings. The highest BCUT2D eigenvalue weighted by atomic mass is 35.5. The van der Waals surface area contributed by atoms with Crippen molar-refractivity contribution in [2.75, 3.05) is 19.0 Å². The number of carbonyl (C=O) groups excluding carboxylic acids is 2. The molecule has 0 heterocycles. The van der Waals surface area contributed by atoms with Crippen LogP contribution >= 0.6 is 11.6 Å². The fraction of sp³-hybridized carbons (Fsp3) is 0.273. The molecular formula is C22H24ClNO5. The number of methoxy groups -OCH3 is 1. The van der Waals surface area contributed by atoms with Gasteiger partial charge in [-0.1, -0.05) is 36.7 Å². The lowest BCUT2D eigenvalue weighted by atomic mass is 10.2. The Kier molecular flexibility index (Phi) is 8.55. The van der Waals surface area contributed by atoms with E-state index in [0.717, 1.165) is 12.0 Å². The number of rotatable bonds is 9. The maximum absolute atomic E-state index is 12.2. The van der Waals surface area contributed by atoms with Crippen LogP contribution < -0.4 is 14.8 Å². The second kappa shape index (κ2) is 11.1. The SMILES string of the molecule is CCCOc1ccc(/C=C/C(=O)O[C@@H](C)C(=O)Nc2ccccc2Cl)cc1OC. The van der Waals surface area contributed by atoms with E-state index in [4.69, 9.17) is 25.8 Å². The molecule has 0 aliphatic rings. The zero-order chi connectivity index (χ0) is 21.2. The van der Waals surface area contributed by atoms with E-state index in [9.17, 15) is 9.59 Å². The highest BCUT2D eigenvalue weighted by molar-refractivity contribution is 6.33. The number of carbonyl (C=O) groups is 2. The Morgan fingerprint density at radius 2 is 1.93 bits per heavy atom. The predicted octanol–water partition coefficient (Wildman–Crippen LogP) is 4.72. The fourth-order valence-corrected chi connectivity index (χ4v) is 2.53. The van der Waals surface area contributed by atoms with E-state index < -0.39 is 18.0 Å². The van der Waals surface area contributed by atoms with Crippen LogP contribution in [-0.2, 0) is 14.3 Å². The Bertz CT molecular complexity index is 881. The zero-order valence-electron chi connectivity index (χ0n) is 16.6. The number of esters is 1. The zero-order valence-corrected chi connectivity index (χ0v) is 17.4. The number of halogens is 1. The quantitative estimate of drug-likeness (QED) is 0.472. The molecule has 0 spiro atoms. The summed E-state index contributed by atoms with van der Waals surface area (Å²) in [5.74, 6) is 0.0939. The number of benzene rings is 2. The molecule has 0 saturated carbocycles. The highest BCUT2D eigenvalue weighted by Crippen LogP contribution is 2.28. The van der Waals surface area contributed by atoms with Gasteiger partial charge >= 0.3 is 5.97 Å². The van der Waals surface area contributed by atoms with E-state index in [-0.39, 0.29) is 0 Å². The Labute approximate surface area is 175 Å². The summed E-state index contributed by atoms with van der Waals surface area (Å²) in [7, 11) is 1.55. The molecule has 2 aromatic rings. The van der Waals surface area contributed by atoms with Crippen molar-refractivity contribution in [1.29, 1.82) is 0 Å². The Balaban J connectivity index is 1.94. The summed E-state index contributed by atoms with van der Waals surface area (Å²) < 4.78 is 16.1. The summed E-state index contributed by atoms with van der Waals surface area (Å²) in [4.78, 5) is 24.2. The Morgan fingerprint density at radius 3 is 2.62 bits per heavy atom. The molecule has 0 saturated heterocycles. The Morgan fingerprint density at radius 1 is 1.17 bits per heavy atom. The molecule has 7 heteroatoms. The monoisotopic (exact) mass is 417 g/mol. The molecule has 29 heavy (non-hydrogen) atoms. The van der Waals surface area contributed by atoms with Gasteiger partial charge in [0.1, 0.15) is 0 Å². The summed E-state index contributed by atoms with van der Waals surface area (Å²) in [5, 5.41) is 3.03. The number of anilines is 1. The van der Waals surface area contributed by atoms with Crippen molar-refractivity contribution in [3.05, 3.63) is 59.1 Å². The summed E-state index contributed by atoms with van der Waals surface area (Å²) in [6.45, 7) is 4.09. The molecule has 1 atom stereocenters. The van der Waals surface area contributed by atoms with Gasteiger partial charge in [0.05, 0.1) is 24.4 Å². The second-order valence-electron chi connectivity index (χ2n) is 6.14. The molecule has 0 aliphatic heterocycles. The van der Waals surface area contributed by atoms with Gasteiger partial charge in [-0.2, -0.15) is 0 Å². The van der Waals surface area contributed by atoms with Crippen LogP contribution in [0.5, 0.6) is 11.5 Å². The van der Waals surface area contributed by atoms with Gasteiger partial charge in [-0.25, -0.2) is 4.79 Å². The third-order valence-electron chi connectivity index (χ3n) is 3.86. The lowest BCUT2D eigenvalue weighted by molar-refractivity contribution is -0.148. The first-order valence-corrected chi connectivity index (χ1v) is 9.57. The molecule has 2 aromatic carbocycles. The topological polar surface area (TPSA) is 73.9 Å². The smallest absolute Gasteiger partial charge is 0.331 e. The normalized spacial score (nSPS) is 11.7. The molecule has 1 amide bonds. The van der Waals surface area contributed by atoms with E-state index >= 15 is 0 Å². The van der Waals surface area contributed by atoms with Crippen LogP contribution in [0.25, 0.3) is 6.08 Å². The van der Waals surface area contributed by atoms with Crippen LogP contribution in [0.3, 0.4) is 0 Å². The largest absolute Gasteiger partial charge is 0.493 e. The van der Waals surface area contributed by atoms with Gasteiger partial charge in [0.2, 0.25) is 0 Å². The van der Waals surface area contributed by atoms with Gasteiger partial charge in [-0.3, -0.25) is 4.79 Å². The molecule has 0 bridgehead atoms. The summed E-state index contributed by atoms with van der Waals surface area (Å²) in [6, 6.07) is 12.1. The van der Waals surface area contributed by atoms with Gasteiger partial charge < -0.3 is 19.5 Å². The van der Waals surface area contributed by atoms with Crippen LogP contribution in [0.15, 0.2) is 48.5 Å². The molecule has 0 unspecified atom stereocenters. The molecule has 154 valence electrons. The summed E-state index contributed by atoms with van der Waals surface area (Å²) in [6.07, 6.45) is 2.73. The van der Waals surface area contributed by atoms with Gasteiger partial charge in [0, 0.05) is 6.08 Å². The first kappa shape index (κ1) is 22.3. The molecular weight excluding hydrogens is 394 g/mol. The van der Waals surface area contributed by atoms with Gasteiger partial charge in [0.15, 0.2) is 17.6 Å². The maximum atomic E-state index is 12.2. The summed E-state index contributed by atoms with van der Waals surface area (Å²) >= 11 is 6.01. The van der Waals surface area contributed by atoms with Crippen molar-refractivity contribution >= 4 is 35.2 Å². The van der Waals surface area contributed by atoms with Crippen molar-refractivity contribution in [3.63, 3.8) is 0 Å². The van der Waals surface area contributed by atoms with Crippen molar-refractivity contribution in [3.8, 4) is 11.5 Å². The number of ether oxygens (including phenoxy) is 3. The number of nitrogens with one attached hydrogen (secondary N) is 1. The van der Waals surface area contributed by atoms with E-state index in [1.54, 1.807) is 55.7 Å². The number of para-hydroxylation sites is 1. The van der Waals surface area contributed by atoms with Gasteiger partial charge in [-0.15, -0.1) is 0 Å². The molecule has 6 nitrogen and oxygen atoms in total. The van der Waals surface area contributed by atoms with Crippen LogP contribution in [-0.4, -0.2) is 31.7 Å². The first-order chi connectivity index (χ1) is 13.9. The first-order valence-electron chi connectivity index (χ1n) is 9.19. The average molecular weight is 418 g/mol. The fourth-order valence-electron chi connectivity index (χ4n) is 2.35. The van der Waals surface area contributed by atoms with E-state index in [0.29, 0.717) is 28.8 Å². The maximum Gasteiger partial charge on any atom is 0.331 e. The minimum absolute atomic E-state index is 0.402. The van der Waals surface area contributed by atoms with E-state index in [1.807, 2.05) is 6.92 Å². The summed E-state index contributed by atoms with van der Waals surface area (Å²) in [5.41, 5.74) is 1.19. The van der Waals surface area contributed by atoms with E-state index in [1.165, 1.54) is 13.0 Å². The molecule has 1 N–H and O–H groups in total. The predicted molar refractivity (Wildman–Crippen MR) is 113 cm³/mol. The van der Waals surface area contributed by atoms with E-state index in [2.05, 4.69) is 5.32 Å². The van der Waals surface area contributed by atoms with Gasteiger partial charge in [0.25, 0.3) is 5.91 Å². The molecule has 0 aliphatic carbocycles. The minimum Gasteiger partial charge on any atom is -0.493 e. The van der Waals surface area contributed by atoms with Crippen molar-refractivity contribution < 1.29 is 23.8 Å². The Hall–Kier alpha value is -2.99. The lowest BCUT2D eigenvalue weighted by Gasteiger charge is -2.13. The van der Waals surface area contributed by atoms with Crippen LogP contribution in [0, 0.1) is 0 Å². The van der Waals surface area contributed by atoms with Crippen LogP contribution in [0.2, 0.25) is 5.02 Å². The standard InChI is InChI=1S/C22H24ClNO5/c1-4-13-28-19-11-9-16(14-20(19)27-3)10-12-21(25)29-15(2)22(26)24-18-8-6-5-7-17(18)23/h5-12,14-15H,4,13H2,1-3H3,(H,24,26)/b12-10+/t15-/m0/s1. The van der Waals surface area contributed by atoms with Gasteiger partial charge in [-0.05, 0) is 49.2 Å². The minimum atomic E-state index is -0.984. The third-order valence-corrected chi connectivity index (χ3v) is 4.18. The van der Waals surface area contributed by atoms with Crippen molar-refractivity contribution in [2.24, 2.45) is 0 Å². The molecule has 0 aromatic heterocycles. The van der Waals surface area contributed by atoms with Crippen LogP contribution in [0.4, 0.5) is 5.69 Å². The highest BCUT2D eigenvalue weighted by Gasteiger charge is 2.17.